The van der Waals surface area contributed by atoms with Gasteiger partial charge in [0, 0.05) is 35.9 Å². The van der Waals surface area contributed by atoms with Crippen molar-refractivity contribution < 1.29 is 9.13 Å². The molecule has 0 aliphatic heterocycles. The molecule has 3 nitrogen and oxygen atoms in total. The number of nitrogens with one attached hydrogen (secondary N) is 1. The lowest BCUT2D eigenvalue weighted by Gasteiger charge is -2.09. The van der Waals surface area contributed by atoms with Gasteiger partial charge in [0.05, 0.1) is 6.61 Å². The third-order valence-corrected chi connectivity index (χ3v) is 3.91. The number of hydrogen-bond donors (Lipinski definition) is 1. The molecule has 23 heavy (non-hydrogen) atoms. The van der Waals surface area contributed by atoms with Crippen LogP contribution in [-0.2, 0) is 11.2 Å². The predicted octanol–water partition coefficient (Wildman–Crippen LogP) is 4.38. The molecule has 0 spiro atoms. The standard InChI is InChI=1S/C19H19FN2O/c1-13-7-6-10-15(18(13)20)17-16(11-12-23-2)21-22-19(17)14-8-4-3-5-9-14/h3-10H,11-12H2,1-2H3,(H,21,22). The normalized spacial score (nSPS) is 10.9. The fourth-order valence-electron chi connectivity index (χ4n) is 2.70. The summed E-state index contributed by atoms with van der Waals surface area (Å²) in [7, 11) is 1.65. The van der Waals surface area contributed by atoms with Crippen molar-refractivity contribution in [2.24, 2.45) is 0 Å². The highest BCUT2D eigenvalue weighted by Gasteiger charge is 2.19. The van der Waals surface area contributed by atoms with Crippen LogP contribution in [0, 0.1) is 12.7 Å². The van der Waals surface area contributed by atoms with Crippen LogP contribution < -0.4 is 0 Å². The zero-order chi connectivity index (χ0) is 16.2. The first-order valence-corrected chi connectivity index (χ1v) is 7.59. The van der Waals surface area contributed by atoms with Crippen molar-refractivity contribution in [3.8, 4) is 22.4 Å². The summed E-state index contributed by atoms with van der Waals surface area (Å²) in [6, 6.07) is 15.3. The van der Waals surface area contributed by atoms with Crippen molar-refractivity contribution in [3.05, 3.63) is 65.6 Å². The van der Waals surface area contributed by atoms with Gasteiger partial charge in [0.1, 0.15) is 11.5 Å². The molecule has 0 saturated heterocycles. The van der Waals surface area contributed by atoms with Crippen LogP contribution >= 0.6 is 0 Å². The lowest BCUT2D eigenvalue weighted by molar-refractivity contribution is 0.201. The Hall–Kier alpha value is -2.46. The minimum atomic E-state index is -0.204. The van der Waals surface area contributed by atoms with Crippen molar-refractivity contribution in [3.63, 3.8) is 0 Å². The van der Waals surface area contributed by atoms with Crippen LogP contribution in [0.5, 0.6) is 0 Å². The molecule has 0 aliphatic rings. The van der Waals surface area contributed by atoms with Crippen molar-refractivity contribution in [1.29, 1.82) is 0 Å². The Bertz CT molecular complexity index is 796. The first-order valence-electron chi connectivity index (χ1n) is 7.59. The second-order valence-corrected chi connectivity index (χ2v) is 5.47. The minimum absolute atomic E-state index is 0.204. The number of rotatable bonds is 5. The second kappa shape index (κ2) is 6.75. The number of halogens is 1. The predicted molar refractivity (Wildman–Crippen MR) is 89.7 cm³/mol. The van der Waals surface area contributed by atoms with E-state index in [2.05, 4.69) is 10.2 Å². The molecule has 0 amide bonds. The van der Waals surface area contributed by atoms with E-state index >= 15 is 0 Å². The van der Waals surface area contributed by atoms with E-state index in [1.807, 2.05) is 36.4 Å². The van der Waals surface area contributed by atoms with Crippen LogP contribution in [0.15, 0.2) is 48.5 Å². The molecular weight excluding hydrogens is 291 g/mol. The molecule has 3 rings (SSSR count). The van der Waals surface area contributed by atoms with Gasteiger partial charge in [-0.05, 0) is 12.5 Å². The number of H-pyrrole nitrogens is 1. The van der Waals surface area contributed by atoms with Crippen LogP contribution in [0.2, 0.25) is 0 Å². The first-order chi connectivity index (χ1) is 11.2. The number of benzene rings is 2. The highest BCUT2D eigenvalue weighted by Crippen LogP contribution is 2.35. The molecule has 0 saturated carbocycles. The summed E-state index contributed by atoms with van der Waals surface area (Å²) in [6.07, 6.45) is 0.652. The topological polar surface area (TPSA) is 37.9 Å². The van der Waals surface area contributed by atoms with Gasteiger partial charge in [0.15, 0.2) is 0 Å². The zero-order valence-electron chi connectivity index (χ0n) is 13.3. The van der Waals surface area contributed by atoms with Gasteiger partial charge in [-0.25, -0.2) is 4.39 Å². The van der Waals surface area contributed by atoms with Crippen LogP contribution in [-0.4, -0.2) is 23.9 Å². The fraction of sp³-hybridized carbons (Fsp3) is 0.211. The summed E-state index contributed by atoms with van der Waals surface area (Å²) >= 11 is 0. The molecule has 118 valence electrons. The van der Waals surface area contributed by atoms with Crippen molar-refractivity contribution in [2.45, 2.75) is 13.3 Å². The SMILES string of the molecule is COCCc1[nH]nc(-c2ccccc2)c1-c1cccc(C)c1F. The summed E-state index contributed by atoms with van der Waals surface area (Å²) in [5.41, 5.74) is 4.62. The van der Waals surface area contributed by atoms with E-state index in [0.29, 0.717) is 24.2 Å². The maximum absolute atomic E-state index is 14.7. The van der Waals surface area contributed by atoms with Crippen molar-refractivity contribution >= 4 is 0 Å². The van der Waals surface area contributed by atoms with Gasteiger partial charge in [-0.15, -0.1) is 0 Å². The lowest BCUT2D eigenvalue weighted by Crippen LogP contribution is -1.98. The smallest absolute Gasteiger partial charge is 0.134 e. The molecule has 3 aromatic rings. The Morgan fingerprint density at radius 3 is 2.61 bits per heavy atom. The summed E-state index contributed by atoms with van der Waals surface area (Å²) in [6.45, 7) is 2.33. The molecule has 0 fully saturated rings. The summed E-state index contributed by atoms with van der Waals surface area (Å²) in [5, 5.41) is 7.50. The molecule has 0 aliphatic carbocycles. The molecule has 0 atom stereocenters. The van der Waals surface area contributed by atoms with Gasteiger partial charge in [-0.3, -0.25) is 5.10 Å². The second-order valence-electron chi connectivity index (χ2n) is 5.47. The molecule has 0 radical (unpaired) electrons. The number of aromatic amines is 1. The number of ether oxygens (including phenoxy) is 1. The van der Waals surface area contributed by atoms with Gasteiger partial charge in [-0.1, -0.05) is 48.5 Å². The lowest BCUT2D eigenvalue weighted by atomic mass is 9.96. The number of nitrogens with zero attached hydrogens (tertiary/aromatic N) is 1. The largest absolute Gasteiger partial charge is 0.384 e. The van der Waals surface area contributed by atoms with Gasteiger partial charge in [-0.2, -0.15) is 5.10 Å². The number of aromatic nitrogens is 2. The fourth-order valence-corrected chi connectivity index (χ4v) is 2.70. The quantitative estimate of drug-likeness (QED) is 0.759. The van der Waals surface area contributed by atoms with Gasteiger partial charge >= 0.3 is 0 Å². The third-order valence-electron chi connectivity index (χ3n) is 3.91. The van der Waals surface area contributed by atoms with Gasteiger partial charge in [0.25, 0.3) is 0 Å². The van der Waals surface area contributed by atoms with Crippen LogP contribution in [0.25, 0.3) is 22.4 Å². The van der Waals surface area contributed by atoms with E-state index in [0.717, 1.165) is 22.5 Å². The average Bonchev–Trinajstić information content (AvgIpc) is 3.00. The Balaban J connectivity index is 2.19. The molecular formula is C19H19FN2O. The molecule has 2 aromatic carbocycles. The van der Waals surface area contributed by atoms with Crippen molar-refractivity contribution in [2.75, 3.05) is 13.7 Å². The number of methoxy groups -OCH3 is 1. The Morgan fingerprint density at radius 1 is 1.09 bits per heavy atom. The highest BCUT2D eigenvalue weighted by atomic mass is 19.1. The Morgan fingerprint density at radius 2 is 1.87 bits per heavy atom. The minimum Gasteiger partial charge on any atom is -0.384 e. The zero-order valence-corrected chi connectivity index (χ0v) is 13.3. The Labute approximate surface area is 135 Å². The number of hydrogen-bond acceptors (Lipinski definition) is 2. The summed E-state index contributed by atoms with van der Waals surface area (Å²) < 4.78 is 19.9. The average molecular weight is 310 g/mol. The summed E-state index contributed by atoms with van der Waals surface area (Å²) in [4.78, 5) is 0. The number of aryl methyl sites for hydroxylation is 1. The molecule has 1 heterocycles. The third kappa shape index (κ3) is 3.03. The van der Waals surface area contributed by atoms with E-state index in [1.165, 1.54) is 0 Å². The monoisotopic (exact) mass is 310 g/mol. The van der Waals surface area contributed by atoms with E-state index in [-0.39, 0.29) is 5.82 Å². The Kier molecular flexibility index (Phi) is 4.53. The molecule has 4 heteroatoms. The summed E-state index contributed by atoms with van der Waals surface area (Å²) in [5.74, 6) is -0.204. The maximum atomic E-state index is 14.7. The first kappa shape index (κ1) is 15.4. The molecule has 1 N–H and O–H groups in total. The van der Waals surface area contributed by atoms with E-state index in [9.17, 15) is 4.39 Å². The molecule has 0 bridgehead atoms. The molecule has 1 aromatic heterocycles. The van der Waals surface area contributed by atoms with Gasteiger partial charge in [0.2, 0.25) is 0 Å². The van der Waals surface area contributed by atoms with E-state index in [1.54, 1.807) is 26.2 Å². The van der Waals surface area contributed by atoms with Crippen molar-refractivity contribution in [1.82, 2.24) is 10.2 Å². The molecule has 0 unspecified atom stereocenters. The van der Waals surface area contributed by atoms with Crippen LogP contribution in [0.4, 0.5) is 4.39 Å². The van der Waals surface area contributed by atoms with E-state index < -0.39 is 0 Å². The van der Waals surface area contributed by atoms with E-state index in [4.69, 9.17) is 4.74 Å². The van der Waals surface area contributed by atoms with Crippen LogP contribution in [0.3, 0.4) is 0 Å². The highest BCUT2D eigenvalue weighted by molar-refractivity contribution is 5.83. The van der Waals surface area contributed by atoms with Crippen LogP contribution in [0.1, 0.15) is 11.3 Å². The maximum Gasteiger partial charge on any atom is 0.134 e. The van der Waals surface area contributed by atoms with Gasteiger partial charge < -0.3 is 4.74 Å².